The minimum absolute atomic E-state index is 0.281. The first-order valence-corrected chi connectivity index (χ1v) is 5.74. The van der Waals surface area contributed by atoms with Crippen LogP contribution in [0.1, 0.15) is 11.1 Å². The van der Waals surface area contributed by atoms with Crippen molar-refractivity contribution in [2.24, 2.45) is 0 Å². The molecule has 0 radical (unpaired) electrons. The minimum Gasteiger partial charge on any atom is -0.508 e. The van der Waals surface area contributed by atoms with Gasteiger partial charge in [0.1, 0.15) is 5.75 Å². The molecule has 2 rings (SSSR count). The van der Waals surface area contributed by atoms with Crippen molar-refractivity contribution in [3.8, 4) is 5.75 Å². The Morgan fingerprint density at radius 3 is 2.88 bits per heavy atom. The van der Waals surface area contributed by atoms with E-state index >= 15 is 0 Å². The molecule has 4 heteroatoms. The summed E-state index contributed by atoms with van der Waals surface area (Å²) in [7, 11) is 0. The molecule has 3 nitrogen and oxygen atoms in total. The Balaban J connectivity index is 1.92. The summed E-state index contributed by atoms with van der Waals surface area (Å²) in [6.45, 7) is 1.44. The van der Waals surface area contributed by atoms with E-state index in [1.807, 2.05) is 12.1 Å². The first-order chi connectivity index (χ1) is 7.75. The average Bonchev–Trinajstić information content (AvgIpc) is 2.76. The van der Waals surface area contributed by atoms with Gasteiger partial charge in [-0.05, 0) is 29.8 Å². The molecule has 0 bridgehead atoms. The topological polar surface area (TPSA) is 45.4 Å². The molecule has 0 aliphatic carbocycles. The maximum atomic E-state index is 9.36. The predicted octanol–water partition coefficient (Wildman–Crippen LogP) is 3.04. The van der Waals surface area contributed by atoms with E-state index in [1.165, 1.54) is 0 Å². The first-order valence-electron chi connectivity index (χ1n) is 4.95. The van der Waals surface area contributed by atoms with Crippen LogP contribution in [0, 0.1) is 0 Å². The minimum atomic E-state index is 0.281. The molecule has 0 spiro atoms. The summed E-state index contributed by atoms with van der Waals surface area (Å²) < 4.78 is 5.96. The highest BCUT2D eigenvalue weighted by atomic mass is 79.9. The summed E-state index contributed by atoms with van der Waals surface area (Å²) in [4.78, 5) is 0. The van der Waals surface area contributed by atoms with Crippen molar-refractivity contribution in [2.75, 3.05) is 0 Å². The fourth-order valence-electron chi connectivity index (χ4n) is 1.43. The number of hydrogen-bond acceptors (Lipinski definition) is 3. The summed E-state index contributed by atoms with van der Waals surface area (Å²) in [5.41, 5.74) is 2.14. The highest BCUT2D eigenvalue weighted by Gasteiger charge is 2.01. The Kier molecular flexibility index (Phi) is 3.64. The Hall–Kier alpha value is -1.26. The number of phenolic OH excluding ortho intramolecular Hbond substituents is 1. The molecule has 0 aliphatic rings. The molecule has 0 fully saturated rings. The molecule has 1 aromatic heterocycles. The zero-order valence-corrected chi connectivity index (χ0v) is 10.2. The molecular weight excluding hydrogens is 270 g/mol. The van der Waals surface area contributed by atoms with Gasteiger partial charge >= 0.3 is 0 Å². The fourth-order valence-corrected chi connectivity index (χ4v) is 1.82. The van der Waals surface area contributed by atoms with Crippen molar-refractivity contribution in [1.82, 2.24) is 5.32 Å². The van der Waals surface area contributed by atoms with Crippen LogP contribution in [0.5, 0.6) is 5.75 Å². The van der Waals surface area contributed by atoms with Crippen molar-refractivity contribution >= 4 is 15.9 Å². The summed E-state index contributed by atoms with van der Waals surface area (Å²) in [5.74, 6) is 0.281. The number of halogens is 1. The molecule has 16 heavy (non-hydrogen) atoms. The fraction of sp³-hybridized carbons (Fsp3) is 0.167. The van der Waals surface area contributed by atoms with Crippen molar-refractivity contribution in [3.63, 3.8) is 0 Å². The summed E-state index contributed by atoms with van der Waals surface area (Å²) in [6, 6.07) is 7.16. The smallest absolute Gasteiger partial charge is 0.115 e. The SMILES string of the molecule is Oc1ccc(Br)c(CNCc2ccoc2)c1. The molecule has 0 unspecified atom stereocenters. The lowest BCUT2D eigenvalue weighted by Crippen LogP contribution is -2.12. The molecule has 0 aliphatic heterocycles. The van der Waals surface area contributed by atoms with E-state index in [9.17, 15) is 5.11 Å². The summed E-state index contributed by atoms with van der Waals surface area (Å²) in [6.07, 6.45) is 3.37. The van der Waals surface area contributed by atoms with Gasteiger partial charge in [-0.15, -0.1) is 0 Å². The van der Waals surface area contributed by atoms with Gasteiger partial charge < -0.3 is 14.8 Å². The van der Waals surface area contributed by atoms with E-state index in [0.717, 1.165) is 22.1 Å². The van der Waals surface area contributed by atoms with Gasteiger partial charge in [0.05, 0.1) is 12.5 Å². The zero-order chi connectivity index (χ0) is 11.4. The lowest BCUT2D eigenvalue weighted by molar-refractivity contribution is 0.474. The molecule has 0 saturated heterocycles. The number of furan rings is 1. The van der Waals surface area contributed by atoms with Crippen LogP contribution < -0.4 is 5.32 Å². The third kappa shape index (κ3) is 2.87. The molecule has 1 heterocycles. The third-order valence-corrected chi connectivity index (χ3v) is 3.03. The number of hydrogen-bond donors (Lipinski definition) is 2. The zero-order valence-electron chi connectivity index (χ0n) is 8.61. The van der Waals surface area contributed by atoms with Crippen molar-refractivity contribution < 1.29 is 9.52 Å². The summed E-state index contributed by atoms with van der Waals surface area (Å²) in [5, 5.41) is 12.6. The standard InChI is InChI=1S/C12H12BrNO2/c13-12-2-1-11(15)5-10(12)7-14-6-9-3-4-16-8-9/h1-5,8,14-15H,6-7H2. The van der Waals surface area contributed by atoms with E-state index in [-0.39, 0.29) is 5.75 Å². The Morgan fingerprint density at radius 1 is 1.25 bits per heavy atom. The van der Waals surface area contributed by atoms with Crippen molar-refractivity contribution in [2.45, 2.75) is 13.1 Å². The second-order valence-electron chi connectivity index (χ2n) is 3.51. The number of rotatable bonds is 4. The van der Waals surface area contributed by atoms with Gasteiger partial charge in [-0.2, -0.15) is 0 Å². The van der Waals surface area contributed by atoms with E-state index in [2.05, 4.69) is 21.2 Å². The molecule has 2 N–H and O–H groups in total. The Bertz CT molecular complexity index is 454. The number of phenols is 1. The van der Waals surface area contributed by atoms with Gasteiger partial charge in [-0.3, -0.25) is 0 Å². The second kappa shape index (κ2) is 5.18. The van der Waals surface area contributed by atoms with Gasteiger partial charge in [-0.25, -0.2) is 0 Å². The molecular formula is C12H12BrNO2. The summed E-state index contributed by atoms with van der Waals surface area (Å²) >= 11 is 3.44. The Labute approximate surface area is 102 Å². The quantitative estimate of drug-likeness (QED) is 0.906. The van der Waals surface area contributed by atoms with Gasteiger partial charge in [0, 0.05) is 23.1 Å². The molecule has 84 valence electrons. The first kappa shape index (κ1) is 11.2. The lowest BCUT2D eigenvalue weighted by Gasteiger charge is -2.06. The highest BCUT2D eigenvalue weighted by molar-refractivity contribution is 9.10. The highest BCUT2D eigenvalue weighted by Crippen LogP contribution is 2.21. The van der Waals surface area contributed by atoms with Crippen LogP contribution in [0.2, 0.25) is 0 Å². The van der Waals surface area contributed by atoms with Crippen LogP contribution in [-0.4, -0.2) is 5.11 Å². The van der Waals surface area contributed by atoms with E-state index in [0.29, 0.717) is 6.54 Å². The van der Waals surface area contributed by atoms with Gasteiger partial charge in [0.25, 0.3) is 0 Å². The van der Waals surface area contributed by atoms with Crippen LogP contribution in [0.4, 0.5) is 0 Å². The lowest BCUT2D eigenvalue weighted by atomic mass is 10.2. The van der Waals surface area contributed by atoms with Gasteiger partial charge in [0.2, 0.25) is 0 Å². The number of nitrogens with one attached hydrogen (secondary N) is 1. The second-order valence-corrected chi connectivity index (χ2v) is 4.37. The molecule has 0 atom stereocenters. The maximum absolute atomic E-state index is 9.36. The van der Waals surface area contributed by atoms with E-state index in [1.54, 1.807) is 24.7 Å². The van der Waals surface area contributed by atoms with Crippen LogP contribution in [0.15, 0.2) is 45.7 Å². The van der Waals surface area contributed by atoms with Crippen LogP contribution in [-0.2, 0) is 13.1 Å². The van der Waals surface area contributed by atoms with Crippen molar-refractivity contribution in [1.29, 1.82) is 0 Å². The van der Waals surface area contributed by atoms with Gasteiger partial charge in [-0.1, -0.05) is 15.9 Å². The molecule has 0 amide bonds. The monoisotopic (exact) mass is 281 g/mol. The van der Waals surface area contributed by atoms with E-state index in [4.69, 9.17) is 4.42 Å². The van der Waals surface area contributed by atoms with Gasteiger partial charge in [0.15, 0.2) is 0 Å². The van der Waals surface area contributed by atoms with Crippen molar-refractivity contribution in [3.05, 3.63) is 52.4 Å². The average molecular weight is 282 g/mol. The van der Waals surface area contributed by atoms with Crippen LogP contribution in [0.3, 0.4) is 0 Å². The number of benzene rings is 1. The predicted molar refractivity (Wildman–Crippen MR) is 65.1 cm³/mol. The normalized spacial score (nSPS) is 10.6. The van der Waals surface area contributed by atoms with Crippen LogP contribution >= 0.6 is 15.9 Å². The van der Waals surface area contributed by atoms with Crippen LogP contribution in [0.25, 0.3) is 0 Å². The Morgan fingerprint density at radius 2 is 2.12 bits per heavy atom. The maximum Gasteiger partial charge on any atom is 0.115 e. The van der Waals surface area contributed by atoms with E-state index < -0.39 is 0 Å². The number of aromatic hydroxyl groups is 1. The molecule has 0 saturated carbocycles. The molecule has 2 aromatic rings. The molecule has 1 aromatic carbocycles. The largest absolute Gasteiger partial charge is 0.508 e. The third-order valence-electron chi connectivity index (χ3n) is 2.25.